The van der Waals surface area contributed by atoms with Crippen molar-refractivity contribution in [1.82, 2.24) is 39.4 Å². The van der Waals surface area contributed by atoms with E-state index >= 15 is 0 Å². The first kappa shape index (κ1) is 48.4. The number of aliphatic hydroxyl groups excluding tert-OH is 2. The van der Waals surface area contributed by atoms with Gasteiger partial charge in [-0.1, -0.05) is 35.4 Å². The van der Waals surface area contributed by atoms with Crippen molar-refractivity contribution in [2.75, 3.05) is 24.7 Å². The Morgan fingerprint density at radius 1 is 0.940 bits per heavy atom. The van der Waals surface area contributed by atoms with Crippen molar-refractivity contribution < 1.29 is 76.1 Å². The van der Waals surface area contributed by atoms with E-state index in [4.69, 9.17) is 45.0 Å². The lowest BCUT2D eigenvalue weighted by atomic mass is 10.1. The summed E-state index contributed by atoms with van der Waals surface area (Å²) in [5, 5.41) is 28.9. The second-order valence-corrected chi connectivity index (χ2v) is 17.1. The van der Waals surface area contributed by atoms with Gasteiger partial charge >= 0.3 is 33.4 Å². The van der Waals surface area contributed by atoms with E-state index in [9.17, 15) is 48.4 Å². The van der Waals surface area contributed by atoms with Gasteiger partial charge in [0.15, 0.2) is 30.0 Å². The van der Waals surface area contributed by atoms with Crippen LogP contribution in [0.1, 0.15) is 23.6 Å². The number of aliphatic hydroxyl groups is 2. The summed E-state index contributed by atoms with van der Waals surface area (Å²) in [5.74, 6) is -1.41. The molecule has 32 heteroatoms. The van der Waals surface area contributed by atoms with Gasteiger partial charge in [-0.15, -0.1) is 0 Å². The van der Waals surface area contributed by atoms with Crippen LogP contribution in [0.4, 0.5) is 22.1 Å². The summed E-state index contributed by atoms with van der Waals surface area (Å²) < 4.78 is 64.9. The molecule has 1 amide bonds. The Kier molecular flexibility index (Phi) is 14.9. The van der Waals surface area contributed by atoms with Gasteiger partial charge in [-0.25, -0.2) is 38.5 Å². The highest BCUT2D eigenvalue weighted by Crippen LogP contribution is 2.50. The number of anilines is 2. The molecule has 4 aromatic heterocycles. The molecule has 10 atom stereocenters. The Labute approximate surface area is 374 Å². The Balaban J connectivity index is 1.12. The molecule has 0 aliphatic carbocycles. The number of carbonyl (C=O) groups is 2. The number of benzene rings is 1. The Morgan fingerprint density at radius 2 is 1.64 bits per heavy atom. The molecule has 0 spiro atoms. The zero-order chi connectivity index (χ0) is 48.0. The number of hydrogen-bond donors (Lipinski definition) is 8. The number of hydrogen-bond acceptors (Lipinski definition) is 22. The third-order valence-corrected chi connectivity index (χ3v) is 11.4. The molecule has 5 aromatic rings. The molecule has 1 aromatic carbocycles. The molecule has 0 radical (unpaired) electrons. The second kappa shape index (κ2) is 20.6. The summed E-state index contributed by atoms with van der Waals surface area (Å²) in [7, 11) is -10.7. The lowest BCUT2D eigenvalue weighted by Crippen LogP contribution is -2.47. The molecule has 67 heavy (non-hydrogen) atoms. The number of amides is 1. The van der Waals surface area contributed by atoms with Crippen molar-refractivity contribution in [2.45, 2.75) is 68.1 Å². The number of imidazole rings is 1. The zero-order valence-electron chi connectivity index (χ0n) is 34.1. The van der Waals surface area contributed by atoms with Crippen LogP contribution in [0.15, 0.2) is 83.6 Å². The average Bonchev–Trinajstić information content (AvgIpc) is 3.94. The zero-order valence-corrected chi connectivity index (χ0v) is 35.9. The van der Waals surface area contributed by atoms with Crippen LogP contribution in [0.3, 0.4) is 0 Å². The maximum Gasteiger partial charge on any atom is 0.472 e. The van der Waals surface area contributed by atoms with Crippen LogP contribution in [0.5, 0.6) is 0 Å². The minimum atomic E-state index is -5.47. The standard InChI is InChI=1S/C35H39N13O17P2/c36-23-7-9-47(34(52)44-23)31-26(50)28(22(63-31)13-60-66(54,55)56)65-67(57,58)61-14-21-27(25(49)32(62-21)48-16-42-24-29(37)40-15-41-30(24)48)64-33(51)20(10-18-2-1-8-39-11-18)43-35(53)59-12-17-3-5-19(6-4-17)45-46-38/h1-9,11,15-16,20-22,25-28,31-32,49-50H,10,12-14H2,(H,43,53)(H,57,58)(H2,36,44,52)(H2,37,40,41)(H2,54,55,56)/t20-,21+,22+,25+,26+,27+,28+,31+,32+/m0/s1. The van der Waals surface area contributed by atoms with Crippen LogP contribution in [0.25, 0.3) is 21.6 Å². The molecule has 0 saturated carbocycles. The monoisotopic (exact) mass is 975 g/mol. The minimum Gasteiger partial charge on any atom is -0.455 e. The topological polar surface area (TPSA) is 438 Å². The normalized spacial score (nSPS) is 24.1. The molecule has 2 aliphatic heterocycles. The molecule has 10 N–H and O–H groups in total. The molecule has 7 rings (SSSR count). The summed E-state index contributed by atoms with van der Waals surface area (Å²) >= 11 is 0. The van der Waals surface area contributed by atoms with Gasteiger partial charge < -0.3 is 60.6 Å². The number of phosphoric acid groups is 2. The number of esters is 1. The maximum absolute atomic E-state index is 14.1. The Bertz CT molecular complexity index is 2780. The molecular weight excluding hydrogens is 936 g/mol. The molecule has 0 bridgehead atoms. The average molecular weight is 976 g/mol. The number of nitrogens with one attached hydrogen (secondary N) is 1. The predicted molar refractivity (Wildman–Crippen MR) is 221 cm³/mol. The first-order valence-corrected chi connectivity index (χ1v) is 22.4. The van der Waals surface area contributed by atoms with Gasteiger partial charge in [0.2, 0.25) is 0 Å². The van der Waals surface area contributed by atoms with Gasteiger partial charge in [0, 0.05) is 35.6 Å². The van der Waals surface area contributed by atoms with Crippen LogP contribution in [0.2, 0.25) is 0 Å². The number of fused-ring (bicyclic) bond motifs is 1. The highest BCUT2D eigenvalue weighted by atomic mass is 31.2. The number of nitrogens with two attached hydrogens (primary N) is 2. The summed E-state index contributed by atoms with van der Waals surface area (Å²) in [6.45, 7) is -2.34. The number of carbonyl (C=O) groups excluding carboxylic acids is 2. The molecule has 356 valence electrons. The van der Waals surface area contributed by atoms with Crippen LogP contribution >= 0.6 is 15.6 Å². The number of aromatic nitrogens is 7. The van der Waals surface area contributed by atoms with E-state index in [2.05, 4.69) is 44.8 Å². The first-order chi connectivity index (χ1) is 31.9. The Hall–Kier alpha value is -6.49. The lowest BCUT2D eigenvalue weighted by Gasteiger charge is -2.26. The van der Waals surface area contributed by atoms with Gasteiger partial charge in [-0.05, 0) is 28.8 Å². The fourth-order valence-corrected chi connectivity index (χ4v) is 8.15. The van der Waals surface area contributed by atoms with E-state index in [1.54, 1.807) is 24.3 Å². The van der Waals surface area contributed by atoms with Crippen LogP contribution in [-0.4, -0.2) is 127 Å². The maximum atomic E-state index is 14.1. The molecule has 2 saturated heterocycles. The fraction of sp³-hybridized carbons (Fsp3) is 0.371. The summed E-state index contributed by atoms with van der Waals surface area (Å²) in [4.78, 5) is 91.9. The summed E-state index contributed by atoms with van der Waals surface area (Å²) in [6.07, 6.45) is -9.34. The van der Waals surface area contributed by atoms with Crippen molar-refractivity contribution in [3.8, 4) is 0 Å². The van der Waals surface area contributed by atoms with Crippen molar-refractivity contribution in [3.63, 3.8) is 0 Å². The number of ether oxygens (including phenoxy) is 4. The lowest BCUT2D eigenvalue weighted by molar-refractivity contribution is -0.159. The highest BCUT2D eigenvalue weighted by Gasteiger charge is 2.52. The molecule has 6 heterocycles. The number of rotatable bonds is 18. The molecule has 30 nitrogen and oxygen atoms in total. The molecular formula is C35H39N13O17P2. The fourth-order valence-electron chi connectivity index (χ4n) is 6.85. The SMILES string of the molecule is [N-]=[N+]=Nc1ccc(COC(=O)N[C@@H](Cc2cccnc2)C(=O)O[C@H]2[C@@H](O)[C@H](n3cnc4c(N)ncnc43)O[C@@H]2COP(=O)(O)O[C@H]2[C@@H](O)[C@H](n3ccc(N)nc3=O)O[C@@H]2COP(=O)(O)O)cc1. The smallest absolute Gasteiger partial charge is 0.455 e. The van der Waals surface area contributed by atoms with Gasteiger partial charge in [0.25, 0.3) is 0 Å². The summed E-state index contributed by atoms with van der Waals surface area (Å²) in [5.41, 5.74) is 20.5. The third-order valence-electron chi connectivity index (χ3n) is 9.93. The predicted octanol–water partition coefficient (Wildman–Crippen LogP) is 0.162. The van der Waals surface area contributed by atoms with E-state index in [0.29, 0.717) is 16.8 Å². The van der Waals surface area contributed by atoms with Crippen LogP contribution in [-0.2, 0) is 59.5 Å². The van der Waals surface area contributed by atoms with Crippen molar-refractivity contribution in [3.05, 3.63) is 106 Å². The minimum absolute atomic E-state index is 0.0406. The quantitative estimate of drug-likeness (QED) is 0.0191. The third kappa shape index (κ3) is 11.9. The number of alkyl carbamates (subject to hydrolysis) is 1. The Morgan fingerprint density at radius 3 is 2.33 bits per heavy atom. The highest BCUT2D eigenvalue weighted by molar-refractivity contribution is 7.47. The second-order valence-electron chi connectivity index (χ2n) is 14.5. The van der Waals surface area contributed by atoms with E-state index in [-0.39, 0.29) is 35.8 Å². The number of phosphoric ester groups is 2. The van der Waals surface area contributed by atoms with Gasteiger partial charge in [0.05, 0.1) is 19.5 Å². The van der Waals surface area contributed by atoms with E-state index in [1.165, 1.54) is 35.4 Å². The van der Waals surface area contributed by atoms with E-state index in [0.717, 1.165) is 23.2 Å². The van der Waals surface area contributed by atoms with Crippen molar-refractivity contribution in [2.24, 2.45) is 5.11 Å². The van der Waals surface area contributed by atoms with Crippen LogP contribution in [0, 0.1) is 0 Å². The van der Waals surface area contributed by atoms with Gasteiger partial charge in [-0.3, -0.25) is 27.7 Å². The van der Waals surface area contributed by atoms with E-state index < -0.39 is 102 Å². The van der Waals surface area contributed by atoms with Crippen molar-refractivity contribution >= 4 is 56.2 Å². The molecule has 2 fully saturated rings. The van der Waals surface area contributed by atoms with Crippen molar-refractivity contribution in [1.29, 1.82) is 0 Å². The first-order valence-electron chi connectivity index (χ1n) is 19.4. The summed E-state index contributed by atoms with van der Waals surface area (Å²) in [6, 6.07) is 8.87. The molecule has 1 unspecified atom stereocenters. The molecule has 2 aliphatic rings. The van der Waals surface area contributed by atoms with Crippen LogP contribution < -0.4 is 22.5 Å². The number of azide groups is 1. The number of nitrogens with zero attached hydrogens (tertiary/aromatic N) is 10. The van der Waals surface area contributed by atoms with Gasteiger partial charge in [-0.2, -0.15) is 4.98 Å². The van der Waals surface area contributed by atoms with Gasteiger partial charge in [0.1, 0.15) is 60.8 Å². The van der Waals surface area contributed by atoms with E-state index in [1.807, 2.05) is 0 Å². The number of pyridine rings is 1. The largest absolute Gasteiger partial charge is 0.472 e. The number of nitrogen functional groups attached to an aromatic ring is 2.